The maximum absolute atomic E-state index is 11.8. The van der Waals surface area contributed by atoms with Crippen LogP contribution in [0.25, 0.3) is 0 Å². The van der Waals surface area contributed by atoms with Crippen LogP contribution in [0, 0.1) is 0 Å². The molecule has 3 N–H and O–H groups in total. The number of nitrogens with two attached hydrogens (primary N) is 1. The summed E-state index contributed by atoms with van der Waals surface area (Å²) in [4.78, 5) is 0.0158. The van der Waals surface area contributed by atoms with Gasteiger partial charge in [-0.3, -0.25) is 4.68 Å². The average molecular weight is 262 g/mol. The van der Waals surface area contributed by atoms with Crippen LogP contribution in [0.4, 0.5) is 5.82 Å². The smallest absolute Gasteiger partial charge is 0.245 e. The van der Waals surface area contributed by atoms with Gasteiger partial charge in [0.2, 0.25) is 10.0 Å². The van der Waals surface area contributed by atoms with Crippen LogP contribution in [0.5, 0.6) is 0 Å². The van der Waals surface area contributed by atoms with Gasteiger partial charge in [0.1, 0.15) is 4.90 Å². The zero-order valence-electron chi connectivity index (χ0n) is 10.0. The van der Waals surface area contributed by atoms with Crippen molar-refractivity contribution in [1.82, 2.24) is 14.5 Å². The Morgan fingerprint density at radius 2 is 2.29 bits per heavy atom. The lowest BCUT2D eigenvalue weighted by molar-refractivity contribution is 0.204. The number of aromatic nitrogens is 2. The number of rotatable bonds is 7. The summed E-state index contributed by atoms with van der Waals surface area (Å²) >= 11 is 0. The van der Waals surface area contributed by atoms with Gasteiger partial charge < -0.3 is 10.5 Å². The largest absolute Gasteiger partial charge is 0.383 e. The number of aryl methyl sites for hydroxylation is 1. The first-order valence-corrected chi connectivity index (χ1v) is 6.81. The highest BCUT2D eigenvalue weighted by Gasteiger charge is 2.20. The number of hydrogen-bond donors (Lipinski definition) is 2. The average Bonchev–Trinajstić information content (AvgIpc) is 2.61. The highest BCUT2D eigenvalue weighted by atomic mass is 32.2. The highest BCUT2D eigenvalue weighted by Crippen LogP contribution is 2.15. The molecular formula is C9H18N4O3S. The first kappa shape index (κ1) is 13.9. The first-order chi connectivity index (χ1) is 8.01. The first-order valence-electron chi connectivity index (χ1n) is 5.32. The summed E-state index contributed by atoms with van der Waals surface area (Å²) in [6.45, 7) is 3.13. The van der Waals surface area contributed by atoms with Gasteiger partial charge in [0.15, 0.2) is 5.82 Å². The number of anilines is 1. The molecule has 0 saturated carbocycles. The molecule has 0 unspecified atom stereocenters. The van der Waals surface area contributed by atoms with Crippen LogP contribution in [0.3, 0.4) is 0 Å². The van der Waals surface area contributed by atoms with Crippen LogP contribution in [0.15, 0.2) is 11.1 Å². The molecule has 0 aliphatic rings. The quantitative estimate of drug-likeness (QED) is 0.663. The van der Waals surface area contributed by atoms with E-state index in [2.05, 4.69) is 9.82 Å². The van der Waals surface area contributed by atoms with Gasteiger partial charge in [-0.15, -0.1) is 0 Å². The molecule has 0 radical (unpaired) electrons. The Bertz CT molecular complexity index is 455. The molecule has 0 aromatic carbocycles. The van der Waals surface area contributed by atoms with Crippen molar-refractivity contribution >= 4 is 15.8 Å². The van der Waals surface area contributed by atoms with Crippen molar-refractivity contribution < 1.29 is 13.2 Å². The van der Waals surface area contributed by atoms with Gasteiger partial charge in [-0.2, -0.15) is 5.10 Å². The third kappa shape index (κ3) is 3.69. The van der Waals surface area contributed by atoms with Crippen LogP contribution in [-0.4, -0.2) is 38.5 Å². The van der Waals surface area contributed by atoms with Crippen LogP contribution >= 0.6 is 0 Å². The van der Waals surface area contributed by atoms with E-state index in [-0.39, 0.29) is 17.3 Å². The second-order valence-electron chi connectivity index (χ2n) is 3.53. The fraction of sp³-hybridized carbons (Fsp3) is 0.667. The van der Waals surface area contributed by atoms with Crippen molar-refractivity contribution in [1.29, 1.82) is 0 Å². The molecule has 0 spiro atoms. The predicted octanol–water partition coefficient (Wildman–Crippen LogP) is -0.200. The third-order valence-corrected chi connectivity index (χ3v) is 3.57. The lowest BCUT2D eigenvalue weighted by atomic mass is 10.5. The number of nitrogen functional groups attached to an aromatic ring is 1. The monoisotopic (exact) mass is 262 g/mol. The van der Waals surface area contributed by atoms with Crippen molar-refractivity contribution in [3.63, 3.8) is 0 Å². The molecule has 7 nitrogen and oxygen atoms in total. The molecule has 1 aromatic rings. The van der Waals surface area contributed by atoms with E-state index in [9.17, 15) is 8.42 Å². The molecule has 1 aromatic heterocycles. The topological polar surface area (TPSA) is 99.2 Å². The van der Waals surface area contributed by atoms with Crippen LogP contribution in [0.2, 0.25) is 0 Å². The second kappa shape index (κ2) is 5.99. The summed E-state index contributed by atoms with van der Waals surface area (Å²) in [5.41, 5.74) is 5.58. The van der Waals surface area contributed by atoms with Crippen molar-refractivity contribution in [3.8, 4) is 0 Å². The lowest BCUT2D eigenvalue weighted by Crippen LogP contribution is -2.27. The summed E-state index contributed by atoms with van der Waals surface area (Å²) in [7, 11) is -2.10. The SMILES string of the molecule is CCCn1cc(S(=O)(=O)NCCOC)c(N)n1. The number of methoxy groups -OCH3 is 1. The number of ether oxygens (including phenoxy) is 1. The van der Waals surface area contributed by atoms with E-state index >= 15 is 0 Å². The van der Waals surface area contributed by atoms with E-state index in [1.165, 1.54) is 18.0 Å². The van der Waals surface area contributed by atoms with Gasteiger partial charge in [-0.1, -0.05) is 6.92 Å². The Kier molecular flexibility index (Phi) is 4.91. The molecule has 0 aliphatic heterocycles. The fourth-order valence-electron chi connectivity index (χ4n) is 1.32. The van der Waals surface area contributed by atoms with Gasteiger partial charge in [-0.25, -0.2) is 13.1 Å². The number of nitrogens with zero attached hydrogens (tertiary/aromatic N) is 2. The Morgan fingerprint density at radius 1 is 1.59 bits per heavy atom. The molecule has 1 rings (SSSR count). The Labute approximate surface area is 101 Å². The van der Waals surface area contributed by atoms with E-state index < -0.39 is 10.0 Å². The van der Waals surface area contributed by atoms with E-state index in [1.807, 2.05) is 6.92 Å². The molecule has 1 heterocycles. The van der Waals surface area contributed by atoms with Crippen molar-refractivity contribution in [3.05, 3.63) is 6.20 Å². The minimum atomic E-state index is -3.60. The standard InChI is InChI=1S/C9H18N4O3S/c1-3-5-13-7-8(9(10)12-13)17(14,15)11-4-6-16-2/h7,11H,3-6H2,1-2H3,(H2,10,12). The van der Waals surface area contributed by atoms with Gasteiger partial charge in [0.25, 0.3) is 0 Å². The fourth-order valence-corrected chi connectivity index (χ4v) is 2.41. The Morgan fingerprint density at radius 3 is 2.88 bits per heavy atom. The highest BCUT2D eigenvalue weighted by molar-refractivity contribution is 7.89. The molecule has 0 aliphatic carbocycles. The van der Waals surface area contributed by atoms with E-state index in [4.69, 9.17) is 10.5 Å². The Balaban J connectivity index is 2.83. The summed E-state index contributed by atoms with van der Waals surface area (Å²) in [6, 6.07) is 0. The van der Waals surface area contributed by atoms with E-state index in [0.717, 1.165) is 6.42 Å². The van der Waals surface area contributed by atoms with Crippen LogP contribution < -0.4 is 10.5 Å². The van der Waals surface area contributed by atoms with Gasteiger partial charge in [0, 0.05) is 26.4 Å². The number of sulfonamides is 1. The molecule has 0 fully saturated rings. The molecule has 0 bridgehead atoms. The maximum atomic E-state index is 11.8. The second-order valence-corrected chi connectivity index (χ2v) is 5.27. The van der Waals surface area contributed by atoms with Gasteiger partial charge in [-0.05, 0) is 6.42 Å². The minimum absolute atomic E-state index is 0.0158. The predicted molar refractivity (Wildman–Crippen MR) is 64.0 cm³/mol. The number of hydrogen-bond acceptors (Lipinski definition) is 5. The third-order valence-electron chi connectivity index (χ3n) is 2.10. The van der Waals surface area contributed by atoms with Crippen molar-refractivity contribution in [2.24, 2.45) is 0 Å². The van der Waals surface area contributed by atoms with Crippen LogP contribution in [-0.2, 0) is 21.3 Å². The van der Waals surface area contributed by atoms with E-state index in [1.54, 1.807) is 0 Å². The minimum Gasteiger partial charge on any atom is -0.383 e. The molecule has 8 heteroatoms. The normalized spacial score (nSPS) is 11.9. The molecule has 98 valence electrons. The molecule has 0 atom stereocenters. The lowest BCUT2D eigenvalue weighted by Gasteiger charge is -2.04. The summed E-state index contributed by atoms with van der Waals surface area (Å²) in [6.07, 6.45) is 2.30. The maximum Gasteiger partial charge on any atom is 0.245 e. The molecule has 17 heavy (non-hydrogen) atoms. The zero-order valence-corrected chi connectivity index (χ0v) is 10.8. The van der Waals surface area contributed by atoms with Crippen molar-refractivity contribution in [2.75, 3.05) is 26.0 Å². The molecule has 0 saturated heterocycles. The van der Waals surface area contributed by atoms with Crippen LogP contribution in [0.1, 0.15) is 13.3 Å². The van der Waals surface area contributed by atoms with E-state index in [0.29, 0.717) is 13.2 Å². The Hall–Kier alpha value is -1.12. The number of nitrogens with one attached hydrogen (secondary N) is 1. The zero-order chi connectivity index (χ0) is 12.9. The summed E-state index contributed by atoms with van der Waals surface area (Å²) in [5, 5.41) is 3.94. The molecular weight excluding hydrogens is 244 g/mol. The van der Waals surface area contributed by atoms with Gasteiger partial charge >= 0.3 is 0 Å². The molecule has 0 amide bonds. The van der Waals surface area contributed by atoms with Gasteiger partial charge in [0.05, 0.1) is 6.61 Å². The summed E-state index contributed by atoms with van der Waals surface area (Å²) in [5.74, 6) is 0.0170. The summed E-state index contributed by atoms with van der Waals surface area (Å²) < 4.78 is 32.4. The van der Waals surface area contributed by atoms with Crippen molar-refractivity contribution in [2.45, 2.75) is 24.8 Å².